The van der Waals surface area contributed by atoms with Crippen molar-refractivity contribution in [3.8, 4) is 22.5 Å². The number of carbonyl (C=O) groups is 5. The number of anilines is 4. The van der Waals surface area contributed by atoms with Crippen LogP contribution < -0.4 is 22.5 Å². The minimum Gasteiger partial charge on any atom is -0.476 e. The van der Waals surface area contributed by atoms with Crippen LogP contribution in [0.2, 0.25) is 0 Å². The number of fused-ring (bicyclic) bond motifs is 1. The predicted octanol–water partition coefficient (Wildman–Crippen LogP) is 4.29. The van der Waals surface area contributed by atoms with Crippen LogP contribution in [0, 0.1) is 0 Å². The van der Waals surface area contributed by atoms with Gasteiger partial charge in [0.05, 0.1) is 48.1 Å². The zero-order valence-corrected chi connectivity index (χ0v) is 35.8. The number of benzene rings is 3. The zero-order valence-electron chi connectivity index (χ0n) is 34.2. The number of amides is 3. The molecule has 0 spiro atoms. The lowest BCUT2D eigenvalue weighted by molar-refractivity contribution is 0.0593. The van der Waals surface area contributed by atoms with E-state index in [0.29, 0.717) is 44.2 Å². The number of rotatable bonds is 8. The van der Waals surface area contributed by atoms with Gasteiger partial charge in [0.2, 0.25) is 5.95 Å². The molecular formula is C41H39BrN14O7. The van der Waals surface area contributed by atoms with Gasteiger partial charge in [-0.2, -0.15) is 0 Å². The second kappa shape index (κ2) is 20.2. The largest absolute Gasteiger partial charge is 0.476 e. The lowest BCUT2D eigenvalue weighted by atomic mass is 10.1. The van der Waals surface area contributed by atoms with Crippen LogP contribution in [0.15, 0.2) is 96.0 Å². The van der Waals surface area contributed by atoms with Gasteiger partial charge in [0.25, 0.3) is 17.7 Å². The van der Waals surface area contributed by atoms with Crippen molar-refractivity contribution < 1.29 is 33.8 Å². The highest BCUT2D eigenvalue weighted by molar-refractivity contribution is 9.10. The maximum absolute atomic E-state index is 12.7. The maximum atomic E-state index is 12.7. The lowest BCUT2D eigenvalue weighted by Gasteiger charge is -2.11. The molecule has 322 valence electrons. The van der Waals surface area contributed by atoms with E-state index in [1.807, 2.05) is 24.3 Å². The Morgan fingerprint density at radius 1 is 0.651 bits per heavy atom. The Kier molecular flexibility index (Phi) is 14.7. The summed E-state index contributed by atoms with van der Waals surface area (Å²) in [5.41, 5.74) is 21.2. The van der Waals surface area contributed by atoms with E-state index in [-0.39, 0.29) is 46.3 Å². The molecule has 4 aromatic heterocycles. The van der Waals surface area contributed by atoms with Gasteiger partial charge in [-0.3, -0.25) is 19.7 Å². The summed E-state index contributed by atoms with van der Waals surface area (Å²) in [7, 11) is 7.97. The second-order valence-electron chi connectivity index (χ2n) is 13.3. The van der Waals surface area contributed by atoms with Crippen LogP contribution in [-0.4, -0.2) is 120 Å². The smallest absolute Gasteiger partial charge is 0.360 e. The first kappa shape index (κ1) is 45.7. The Bertz CT molecular complexity index is 2780. The number of carbonyl (C=O) groups excluding carboxylic acids is 4. The molecule has 7 rings (SSSR count). The van der Waals surface area contributed by atoms with E-state index in [4.69, 9.17) is 22.3 Å². The number of nitrogens with one attached hydrogen (secondary N) is 2. The Balaban J connectivity index is 0.000000196. The zero-order chi connectivity index (χ0) is 46.0. The molecular weight excluding hydrogens is 880 g/mol. The van der Waals surface area contributed by atoms with Gasteiger partial charge in [0.15, 0.2) is 34.5 Å². The highest BCUT2D eigenvalue weighted by Crippen LogP contribution is 2.22. The van der Waals surface area contributed by atoms with Crippen molar-refractivity contribution in [1.82, 2.24) is 49.7 Å². The van der Waals surface area contributed by atoms with Crippen molar-refractivity contribution >= 4 is 80.0 Å². The fourth-order valence-corrected chi connectivity index (χ4v) is 5.57. The number of nitrogens with zero attached hydrogens (tertiary/aromatic N) is 9. The monoisotopic (exact) mass is 918 g/mol. The molecule has 0 radical (unpaired) electrons. The molecule has 9 N–H and O–H groups in total. The highest BCUT2D eigenvalue weighted by atomic mass is 79.9. The molecule has 4 heterocycles. The second-order valence-corrected chi connectivity index (χ2v) is 14.1. The summed E-state index contributed by atoms with van der Waals surface area (Å²) in [6.07, 6.45) is 4.28. The number of nitrogens with two attached hydrogens (primary N) is 3. The lowest BCUT2D eigenvalue weighted by Crippen LogP contribution is -2.21. The minimum atomic E-state index is -1.23. The number of carboxylic acid groups (broad SMARTS) is 1. The molecule has 3 aromatic carbocycles. The van der Waals surface area contributed by atoms with Gasteiger partial charge in [-0.25, -0.2) is 44.5 Å². The SMILES string of the molecule is CN(C)C(=O)c1ccc(-c2cnc(N)c(C(=O)Nc3nc4ccccc4[nH]3)n2)cc1.CN(C)C(=O)c1ccc(-c2cnc(N)c(C(=O)O)n2)cc1.COC(=O)c1nc(Br)cnc1N. The number of aromatic carboxylic acids is 1. The third-order valence-electron chi connectivity index (χ3n) is 8.46. The van der Waals surface area contributed by atoms with Crippen molar-refractivity contribution in [1.29, 1.82) is 0 Å². The molecule has 0 bridgehead atoms. The van der Waals surface area contributed by atoms with Crippen LogP contribution in [0.1, 0.15) is 52.2 Å². The molecule has 7 aromatic rings. The van der Waals surface area contributed by atoms with Crippen LogP contribution in [0.5, 0.6) is 0 Å². The number of hydrogen-bond acceptors (Lipinski definition) is 16. The van der Waals surface area contributed by atoms with Crippen molar-refractivity contribution in [3.05, 3.63) is 124 Å². The summed E-state index contributed by atoms with van der Waals surface area (Å²) in [5.74, 6) is -2.35. The predicted molar refractivity (Wildman–Crippen MR) is 236 cm³/mol. The third kappa shape index (κ3) is 11.5. The number of halogens is 1. The third-order valence-corrected chi connectivity index (χ3v) is 8.84. The maximum Gasteiger partial charge on any atom is 0.360 e. The Morgan fingerprint density at radius 3 is 1.62 bits per heavy atom. The number of para-hydroxylation sites is 2. The minimum absolute atomic E-state index is 0.00627. The van der Waals surface area contributed by atoms with Gasteiger partial charge in [-0.05, 0) is 52.3 Å². The molecule has 0 fully saturated rings. The number of hydrogen-bond donors (Lipinski definition) is 6. The first-order chi connectivity index (χ1) is 30.0. The standard InChI is InChI=1S/C21H19N7O2.C14H14N4O3.C6H6BrN3O2/c1-28(2)20(30)13-9-7-12(8-10-13)16-11-23-18(22)17(24-16)19(29)27-21-25-14-5-3-4-6-15(14)26-21;1-18(2)13(19)9-5-3-8(4-6-9)10-7-16-12(15)11(17-10)14(20)21;1-12-6(11)4-5(8)9-2-3(7)10-4/h3-11H,1-2H3,(H2,22,23)(H2,25,26,27,29);3-7H,1-2H3,(H2,15,16)(H,20,21);2H,1H3,(H2,8,9). The average molecular weight is 920 g/mol. The number of nitrogen functional groups attached to an aromatic ring is 3. The topological polar surface area (TPSA) is 317 Å². The van der Waals surface area contributed by atoms with E-state index >= 15 is 0 Å². The molecule has 3 amide bonds. The number of methoxy groups -OCH3 is 1. The number of aromatic amines is 1. The molecule has 21 nitrogen and oxygen atoms in total. The molecule has 0 saturated heterocycles. The molecule has 0 unspecified atom stereocenters. The van der Waals surface area contributed by atoms with Gasteiger partial charge < -0.3 is 41.8 Å². The molecule has 0 saturated carbocycles. The average Bonchev–Trinajstić information content (AvgIpc) is 3.69. The van der Waals surface area contributed by atoms with Gasteiger partial charge in [-0.1, -0.05) is 36.4 Å². The molecule has 63 heavy (non-hydrogen) atoms. The fraction of sp³-hybridized carbons (Fsp3) is 0.122. The van der Waals surface area contributed by atoms with E-state index in [2.05, 4.69) is 65.9 Å². The quantitative estimate of drug-likeness (QED) is 0.116. The normalized spacial score (nSPS) is 10.3. The molecule has 0 atom stereocenters. The van der Waals surface area contributed by atoms with Crippen LogP contribution >= 0.6 is 15.9 Å². The summed E-state index contributed by atoms with van der Waals surface area (Å²) in [6.45, 7) is 0. The summed E-state index contributed by atoms with van der Waals surface area (Å²) in [5, 5.41) is 11.6. The number of imidazole rings is 1. The van der Waals surface area contributed by atoms with Gasteiger partial charge in [-0.15, -0.1) is 0 Å². The van der Waals surface area contributed by atoms with Crippen molar-refractivity contribution in [2.24, 2.45) is 0 Å². The molecule has 0 aliphatic carbocycles. The summed E-state index contributed by atoms with van der Waals surface area (Å²) in [6, 6.07) is 21.0. The first-order valence-corrected chi connectivity index (χ1v) is 19.0. The Labute approximate surface area is 366 Å². The van der Waals surface area contributed by atoms with E-state index in [0.717, 1.165) is 11.0 Å². The van der Waals surface area contributed by atoms with E-state index in [1.54, 1.807) is 76.7 Å². The summed E-state index contributed by atoms with van der Waals surface area (Å²) < 4.78 is 4.87. The number of aromatic nitrogens is 8. The van der Waals surface area contributed by atoms with E-state index in [9.17, 15) is 24.0 Å². The number of ether oxygens (including phenoxy) is 1. The number of carboxylic acids is 1. The molecule has 0 aliphatic heterocycles. The van der Waals surface area contributed by atoms with Crippen LogP contribution in [-0.2, 0) is 4.74 Å². The van der Waals surface area contributed by atoms with Gasteiger partial charge in [0.1, 0.15) is 4.60 Å². The Morgan fingerprint density at radius 2 is 1.13 bits per heavy atom. The van der Waals surface area contributed by atoms with Crippen molar-refractivity contribution in [3.63, 3.8) is 0 Å². The van der Waals surface area contributed by atoms with Gasteiger partial charge in [0, 0.05) is 50.4 Å². The van der Waals surface area contributed by atoms with Crippen molar-refractivity contribution in [2.75, 3.05) is 57.8 Å². The first-order valence-electron chi connectivity index (χ1n) is 18.2. The van der Waals surface area contributed by atoms with Gasteiger partial charge >= 0.3 is 11.9 Å². The molecule has 0 aliphatic rings. The van der Waals surface area contributed by atoms with Crippen molar-refractivity contribution in [2.45, 2.75) is 0 Å². The summed E-state index contributed by atoms with van der Waals surface area (Å²) >= 11 is 3.06. The highest BCUT2D eigenvalue weighted by Gasteiger charge is 2.18. The number of esters is 1. The molecule has 22 heteroatoms. The fourth-order valence-electron chi connectivity index (χ4n) is 5.29. The summed E-state index contributed by atoms with van der Waals surface area (Å²) in [4.78, 5) is 92.6. The van der Waals surface area contributed by atoms with Crippen LogP contribution in [0.25, 0.3) is 33.5 Å². The van der Waals surface area contributed by atoms with Crippen LogP contribution in [0.4, 0.5) is 23.4 Å². The van der Waals surface area contributed by atoms with E-state index in [1.165, 1.54) is 35.5 Å². The Hall–Kier alpha value is -8.40. The van der Waals surface area contributed by atoms with Crippen LogP contribution in [0.3, 0.4) is 0 Å². The number of H-pyrrole nitrogens is 1. The van der Waals surface area contributed by atoms with E-state index < -0.39 is 17.8 Å².